The number of nitrogens with one attached hydrogen (secondary N) is 1. The van der Waals surface area contributed by atoms with Crippen LogP contribution in [0.5, 0.6) is 11.5 Å². The van der Waals surface area contributed by atoms with Crippen molar-refractivity contribution in [2.24, 2.45) is 5.73 Å². The molecule has 3 N–H and O–H groups in total. The number of carbonyl (C=O) groups is 2. The van der Waals surface area contributed by atoms with Gasteiger partial charge in [0.1, 0.15) is 25.6 Å². The van der Waals surface area contributed by atoms with Gasteiger partial charge in [-0.15, -0.1) is 0 Å². The fourth-order valence-electron chi connectivity index (χ4n) is 2.80. The fourth-order valence-corrected chi connectivity index (χ4v) is 2.80. The van der Waals surface area contributed by atoms with Crippen LogP contribution in [0.1, 0.15) is 29.6 Å². The molecule has 0 bridgehead atoms. The van der Waals surface area contributed by atoms with Crippen LogP contribution < -0.4 is 20.5 Å². The molecule has 1 atom stereocenters. The van der Waals surface area contributed by atoms with E-state index in [4.69, 9.17) is 15.2 Å². The first kappa shape index (κ1) is 24.2. The van der Waals surface area contributed by atoms with Crippen LogP contribution in [-0.4, -0.2) is 44.2 Å². The van der Waals surface area contributed by atoms with Crippen LogP contribution in [0, 0.1) is 11.6 Å². The van der Waals surface area contributed by atoms with Crippen molar-refractivity contribution in [3.63, 3.8) is 0 Å². The highest BCUT2D eigenvalue weighted by Gasteiger charge is 2.23. The van der Waals surface area contributed by atoms with Gasteiger partial charge in [0, 0.05) is 5.56 Å². The Morgan fingerprint density at radius 3 is 2.42 bits per heavy atom. The lowest BCUT2D eigenvalue weighted by Crippen LogP contribution is -2.43. The predicted molar refractivity (Wildman–Crippen MR) is 109 cm³/mol. The van der Waals surface area contributed by atoms with Gasteiger partial charge in [-0.3, -0.25) is 9.59 Å². The third kappa shape index (κ3) is 7.60. The highest BCUT2D eigenvalue weighted by Crippen LogP contribution is 2.21. The molecule has 0 fully saturated rings. The maximum atomic E-state index is 13.7. The van der Waals surface area contributed by atoms with Gasteiger partial charge < -0.3 is 20.5 Å². The molecule has 0 heterocycles. The van der Waals surface area contributed by atoms with Crippen LogP contribution in [0.15, 0.2) is 42.5 Å². The summed E-state index contributed by atoms with van der Waals surface area (Å²) < 4.78 is 49.9. The lowest BCUT2D eigenvalue weighted by atomic mass is 10.0. The molecule has 0 aliphatic rings. The standard InChI is InChI=1S/C22H25F3N2O4/c23-10-12-30-16-6-3-5-15(13-16)22(29)27-19(9-1-2-11-26)20(28)14-31-21-17(24)7-4-8-18(21)25/h3-8,13,19H,1-2,9-12,14,26H2,(H,27,29). The zero-order chi connectivity index (χ0) is 22.6. The van der Waals surface area contributed by atoms with E-state index in [9.17, 15) is 22.8 Å². The number of benzene rings is 2. The molecule has 0 radical (unpaired) electrons. The minimum absolute atomic E-state index is 0.144. The van der Waals surface area contributed by atoms with Gasteiger partial charge in [-0.2, -0.15) is 0 Å². The van der Waals surface area contributed by atoms with Crippen LogP contribution in [0.3, 0.4) is 0 Å². The van der Waals surface area contributed by atoms with E-state index in [-0.39, 0.29) is 18.6 Å². The number of Topliss-reactive ketones (excluding diaryl/α,β-unsaturated/α-hetero) is 1. The number of amides is 1. The molecular weight excluding hydrogens is 413 g/mol. The summed E-state index contributed by atoms with van der Waals surface area (Å²) >= 11 is 0. The molecular formula is C22H25F3N2O4. The molecule has 0 aromatic heterocycles. The van der Waals surface area contributed by atoms with Gasteiger partial charge in [0.25, 0.3) is 5.91 Å². The highest BCUT2D eigenvalue weighted by atomic mass is 19.1. The Morgan fingerprint density at radius 2 is 1.74 bits per heavy atom. The second-order valence-electron chi connectivity index (χ2n) is 6.68. The van der Waals surface area contributed by atoms with Crippen molar-refractivity contribution in [2.45, 2.75) is 25.3 Å². The van der Waals surface area contributed by atoms with Crippen molar-refractivity contribution < 1.29 is 32.2 Å². The summed E-state index contributed by atoms with van der Waals surface area (Å²) in [7, 11) is 0. The van der Waals surface area contributed by atoms with Gasteiger partial charge in [0.2, 0.25) is 0 Å². The summed E-state index contributed by atoms with van der Waals surface area (Å²) in [6.45, 7) is -1.02. The third-order valence-electron chi connectivity index (χ3n) is 4.36. The van der Waals surface area contributed by atoms with Crippen molar-refractivity contribution in [1.82, 2.24) is 5.32 Å². The number of ketones is 1. The van der Waals surface area contributed by atoms with E-state index in [2.05, 4.69) is 5.32 Å². The summed E-state index contributed by atoms with van der Waals surface area (Å²) in [5.41, 5.74) is 5.70. The molecule has 31 heavy (non-hydrogen) atoms. The Kier molecular flexibility index (Phi) is 9.83. The molecule has 2 rings (SSSR count). The summed E-state index contributed by atoms with van der Waals surface area (Å²) in [6, 6.07) is 8.36. The number of halogens is 3. The van der Waals surface area contributed by atoms with Gasteiger partial charge >= 0.3 is 0 Å². The highest BCUT2D eigenvalue weighted by molar-refractivity contribution is 5.98. The van der Waals surface area contributed by atoms with Gasteiger partial charge in [-0.25, -0.2) is 13.2 Å². The number of hydrogen-bond donors (Lipinski definition) is 2. The molecule has 168 valence electrons. The minimum Gasteiger partial charge on any atom is -0.491 e. The average Bonchev–Trinajstić information content (AvgIpc) is 2.76. The van der Waals surface area contributed by atoms with Crippen molar-refractivity contribution in [2.75, 3.05) is 26.4 Å². The van der Waals surface area contributed by atoms with Gasteiger partial charge in [0.05, 0.1) is 6.04 Å². The molecule has 0 aliphatic carbocycles. The van der Waals surface area contributed by atoms with E-state index < -0.39 is 48.4 Å². The van der Waals surface area contributed by atoms with E-state index in [1.165, 1.54) is 18.2 Å². The number of nitrogens with two attached hydrogens (primary N) is 1. The zero-order valence-electron chi connectivity index (χ0n) is 16.9. The molecule has 0 aliphatic heterocycles. The molecule has 0 spiro atoms. The lowest BCUT2D eigenvalue weighted by molar-refractivity contribution is -0.123. The van der Waals surface area contributed by atoms with Crippen molar-refractivity contribution >= 4 is 11.7 Å². The molecule has 2 aromatic carbocycles. The first-order valence-corrected chi connectivity index (χ1v) is 9.85. The number of unbranched alkanes of at least 4 members (excludes halogenated alkanes) is 1. The van der Waals surface area contributed by atoms with E-state index in [1.54, 1.807) is 12.1 Å². The Labute approximate surface area is 178 Å². The van der Waals surface area contributed by atoms with E-state index in [0.717, 1.165) is 12.1 Å². The minimum atomic E-state index is -0.940. The number of ether oxygens (including phenoxy) is 2. The Balaban J connectivity index is 2.06. The molecule has 0 saturated carbocycles. The van der Waals surface area contributed by atoms with Crippen LogP contribution >= 0.6 is 0 Å². The van der Waals surface area contributed by atoms with Crippen LogP contribution in [0.4, 0.5) is 13.2 Å². The molecule has 1 unspecified atom stereocenters. The Hall–Kier alpha value is -3.07. The SMILES string of the molecule is NCCCCC(NC(=O)c1cccc(OCCF)c1)C(=O)COc1c(F)cccc1F. The topological polar surface area (TPSA) is 90.6 Å². The van der Waals surface area contributed by atoms with E-state index in [0.29, 0.717) is 25.1 Å². The first-order valence-electron chi connectivity index (χ1n) is 9.85. The second-order valence-corrected chi connectivity index (χ2v) is 6.68. The van der Waals surface area contributed by atoms with Crippen LogP contribution in [0.25, 0.3) is 0 Å². The lowest BCUT2D eigenvalue weighted by Gasteiger charge is -2.18. The predicted octanol–water partition coefficient (Wildman–Crippen LogP) is 3.19. The second kappa shape index (κ2) is 12.6. The van der Waals surface area contributed by atoms with E-state index in [1.807, 2.05) is 0 Å². The summed E-state index contributed by atoms with van der Waals surface area (Å²) in [4.78, 5) is 25.2. The smallest absolute Gasteiger partial charge is 0.251 e. The van der Waals surface area contributed by atoms with Gasteiger partial charge in [0.15, 0.2) is 23.2 Å². The maximum Gasteiger partial charge on any atom is 0.251 e. The van der Waals surface area contributed by atoms with Gasteiger partial charge in [-0.1, -0.05) is 12.1 Å². The van der Waals surface area contributed by atoms with E-state index >= 15 is 0 Å². The van der Waals surface area contributed by atoms with Crippen molar-refractivity contribution in [3.05, 3.63) is 59.7 Å². The Bertz CT molecular complexity index is 859. The summed E-state index contributed by atoms with van der Waals surface area (Å²) in [5, 5.41) is 2.61. The zero-order valence-corrected chi connectivity index (χ0v) is 16.9. The van der Waals surface area contributed by atoms with Crippen molar-refractivity contribution in [3.8, 4) is 11.5 Å². The largest absolute Gasteiger partial charge is 0.491 e. The van der Waals surface area contributed by atoms with Crippen molar-refractivity contribution in [1.29, 1.82) is 0 Å². The molecule has 2 aromatic rings. The van der Waals surface area contributed by atoms with Crippen LogP contribution in [-0.2, 0) is 4.79 Å². The van der Waals surface area contributed by atoms with Crippen LogP contribution in [0.2, 0.25) is 0 Å². The summed E-state index contributed by atoms with van der Waals surface area (Å²) in [5.74, 6) is -3.29. The number of hydrogen-bond acceptors (Lipinski definition) is 5. The van der Waals surface area contributed by atoms with Gasteiger partial charge in [-0.05, 0) is 56.1 Å². The Morgan fingerprint density at radius 1 is 1.03 bits per heavy atom. The normalized spacial score (nSPS) is 11.6. The first-order chi connectivity index (χ1) is 15.0. The molecule has 9 heteroatoms. The summed E-state index contributed by atoms with van der Waals surface area (Å²) in [6.07, 6.45) is 1.47. The molecule has 0 saturated heterocycles. The third-order valence-corrected chi connectivity index (χ3v) is 4.36. The number of rotatable bonds is 13. The fraction of sp³-hybridized carbons (Fsp3) is 0.364. The number of para-hydroxylation sites is 1. The molecule has 1 amide bonds. The quantitative estimate of drug-likeness (QED) is 0.469. The number of alkyl halides is 1. The maximum absolute atomic E-state index is 13.7. The molecule has 6 nitrogen and oxygen atoms in total. The monoisotopic (exact) mass is 438 g/mol. The number of carbonyl (C=O) groups excluding carboxylic acids is 2. The average molecular weight is 438 g/mol.